The first kappa shape index (κ1) is 11.2. The fourth-order valence-corrected chi connectivity index (χ4v) is 1.13. The first-order valence-corrected chi connectivity index (χ1v) is 4.41. The van der Waals surface area contributed by atoms with Gasteiger partial charge in [-0.3, -0.25) is 14.2 Å². The number of aromatic nitrogens is 2. The number of esters is 1. The Morgan fingerprint density at radius 1 is 1.40 bits per heavy atom. The number of rotatable bonds is 2. The second kappa shape index (κ2) is 4.54. The van der Waals surface area contributed by atoms with E-state index in [2.05, 4.69) is 4.98 Å². The fraction of sp³-hybridized carbons (Fsp3) is 0.300. The van der Waals surface area contributed by atoms with Gasteiger partial charge in [0.1, 0.15) is 11.6 Å². The van der Waals surface area contributed by atoms with Crippen LogP contribution in [0.1, 0.15) is 31.4 Å². The molecule has 1 rings (SSSR count). The molecule has 0 amide bonds. The van der Waals surface area contributed by atoms with Crippen LogP contribution in [-0.4, -0.2) is 21.4 Å². The average molecular weight is 208 g/mol. The Hall–Kier alpha value is -1.91. The lowest BCUT2D eigenvalue weighted by atomic mass is 10.4. The Kier molecular flexibility index (Phi) is 3.38. The molecular formula is C10H12N2O3. The average Bonchev–Trinajstić information content (AvgIpc) is 2.50. The van der Waals surface area contributed by atoms with E-state index in [1.807, 2.05) is 0 Å². The zero-order valence-electron chi connectivity index (χ0n) is 8.85. The lowest BCUT2D eigenvalue weighted by Gasteiger charge is -2.01. The molecule has 0 atom stereocenters. The molecule has 0 fully saturated rings. The van der Waals surface area contributed by atoms with Crippen molar-refractivity contribution in [1.82, 2.24) is 9.55 Å². The molecule has 1 aromatic rings. The second-order valence-electron chi connectivity index (χ2n) is 3.02. The highest BCUT2D eigenvalue weighted by Crippen LogP contribution is 2.06. The van der Waals surface area contributed by atoms with Crippen molar-refractivity contribution in [2.75, 3.05) is 0 Å². The molecule has 1 aromatic heterocycles. The van der Waals surface area contributed by atoms with Gasteiger partial charge >= 0.3 is 5.97 Å². The minimum absolute atomic E-state index is 0.144. The summed E-state index contributed by atoms with van der Waals surface area (Å²) in [4.78, 5) is 25.7. The van der Waals surface area contributed by atoms with Crippen LogP contribution in [0.5, 0.6) is 0 Å². The molecule has 0 N–H and O–H groups in total. The highest BCUT2D eigenvalue weighted by atomic mass is 16.5. The number of allylic oxidation sites excluding steroid dienone is 1. The van der Waals surface area contributed by atoms with Crippen molar-refractivity contribution >= 4 is 18.0 Å². The topological polar surface area (TPSA) is 61.2 Å². The third-order valence-corrected chi connectivity index (χ3v) is 1.65. The van der Waals surface area contributed by atoms with Crippen molar-refractivity contribution in [2.24, 2.45) is 0 Å². The lowest BCUT2D eigenvalue weighted by Crippen LogP contribution is -2.07. The molecule has 0 spiro atoms. The maximum Gasteiger partial charge on any atom is 0.307 e. The molecule has 5 heteroatoms. The minimum atomic E-state index is -0.398. The molecule has 0 radical (unpaired) electrons. The maximum atomic E-state index is 11.1. The molecule has 0 aliphatic heterocycles. The largest absolute Gasteiger partial charge is 0.431 e. The SMILES string of the molecule is CC(=O)O/C(C)=C/c1nccn1C(C)=O. The Morgan fingerprint density at radius 2 is 2.07 bits per heavy atom. The van der Waals surface area contributed by atoms with Gasteiger partial charge in [0.15, 0.2) is 0 Å². The van der Waals surface area contributed by atoms with Gasteiger partial charge < -0.3 is 4.74 Å². The van der Waals surface area contributed by atoms with Crippen LogP contribution in [-0.2, 0) is 9.53 Å². The van der Waals surface area contributed by atoms with E-state index in [1.165, 1.54) is 30.7 Å². The van der Waals surface area contributed by atoms with Crippen LogP contribution in [0, 0.1) is 0 Å². The van der Waals surface area contributed by atoms with Crippen LogP contribution in [0.2, 0.25) is 0 Å². The van der Waals surface area contributed by atoms with Crippen LogP contribution >= 0.6 is 0 Å². The van der Waals surface area contributed by atoms with E-state index in [-0.39, 0.29) is 5.91 Å². The zero-order valence-corrected chi connectivity index (χ0v) is 8.85. The quantitative estimate of drug-likeness (QED) is 0.545. The van der Waals surface area contributed by atoms with E-state index in [0.717, 1.165) is 0 Å². The van der Waals surface area contributed by atoms with Crippen LogP contribution in [0.15, 0.2) is 18.2 Å². The molecule has 0 unspecified atom stereocenters. The van der Waals surface area contributed by atoms with Gasteiger partial charge in [0.05, 0.1) is 0 Å². The Balaban J connectivity index is 2.92. The molecule has 1 heterocycles. The number of imidazole rings is 1. The molecular weight excluding hydrogens is 196 g/mol. The second-order valence-corrected chi connectivity index (χ2v) is 3.02. The highest BCUT2D eigenvalue weighted by molar-refractivity contribution is 5.78. The summed E-state index contributed by atoms with van der Waals surface area (Å²) in [7, 11) is 0. The summed E-state index contributed by atoms with van der Waals surface area (Å²) < 4.78 is 6.18. The number of hydrogen-bond donors (Lipinski definition) is 0. The van der Waals surface area contributed by atoms with E-state index in [1.54, 1.807) is 13.1 Å². The third kappa shape index (κ3) is 3.05. The Morgan fingerprint density at radius 3 is 2.60 bits per heavy atom. The van der Waals surface area contributed by atoms with Crippen LogP contribution in [0.4, 0.5) is 0 Å². The van der Waals surface area contributed by atoms with Gasteiger partial charge in [0.25, 0.3) is 0 Å². The van der Waals surface area contributed by atoms with Crippen LogP contribution in [0.3, 0.4) is 0 Å². The smallest absolute Gasteiger partial charge is 0.307 e. The summed E-state index contributed by atoms with van der Waals surface area (Å²) in [5.74, 6) is 0.302. The van der Waals surface area contributed by atoms with Crippen molar-refractivity contribution < 1.29 is 14.3 Å². The van der Waals surface area contributed by atoms with Gasteiger partial charge in [-0.25, -0.2) is 4.98 Å². The first-order chi connectivity index (χ1) is 7.00. The fourth-order valence-electron chi connectivity index (χ4n) is 1.13. The van der Waals surface area contributed by atoms with Gasteiger partial charge in [-0.05, 0) is 6.92 Å². The van der Waals surface area contributed by atoms with E-state index in [4.69, 9.17) is 4.74 Å². The zero-order chi connectivity index (χ0) is 11.4. The van der Waals surface area contributed by atoms with Crippen LogP contribution < -0.4 is 0 Å². The number of ether oxygens (including phenoxy) is 1. The minimum Gasteiger partial charge on any atom is -0.431 e. The Bertz CT molecular complexity index is 418. The normalized spacial score (nSPS) is 11.3. The van der Waals surface area contributed by atoms with Crippen molar-refractivity contribution in [3.05, 3.63) is 24.0 Å². The molecule has 0 aromatic carbocycles. The van der Waals surface area contributed by atoms with E-state index in [9.17, 15) is 9.59 Å². The number of carbonyl (C=O) groups excluding carboxylic acids is 2. The number of carbonyl (C=O) groups is 2. The summed E-state index contributed by atoms with van der Waals surface area (Å²) in [6.45, 7) is 4.37. The van der Waals surface area contributed by atoms with E-state index >= 15 is 0 Å². The lowest BCUT2D eigenvalue weighted by molar-refractivity contribution is -0.136. The standard InChI is InChI=1S/C10H12N2O3/c1-7(15-9(3)14)6-10-11-4-5-12(10)8(2)13/h4-6H,1-3H3/b7-6+. The van der Waals surface area contributed by atoms with E-state index in [0.29, 0.717) is 11.6 Å². The number of nitrogens with zero attached hydrogens (tertiary/aromatic N) is 2. The van der Waals surface area contributed by atoms with E-state index < -0.39 is 5.97 Å². The molecule has 0 bridgehead atoms. The van der Waals surface area contributed by atoms with Crippen molar-refractivity contribution in [3.8, 4) is 0 Å². The predicted molar refractivity (Wildman–Crippen MR) is 53.9 cm³/mol. The molecule has 80 valence electrons. The summed E-state index contributed by atoms with van der Waals surface area (Å²) in [5.41, 5.74) is 0. The summed E-state index contributed by atoms with van der Waals surface area (Å²) in [6, 6.07) is 0. The highest BCUT2D eigenvalue weighted by Gasteiger charge is 2.05. The molecule has 0 aliphatic rings. The van der Waals surface area contributed by atoms with Crippen molar-refractivity contribution in [3.63, 3.8) is 0 Å². The monoisotopic (exact) mass is 208 g/mol. The van der Waals surface area contributed by atoms with Crippen molar-refractivity contribution in [1.29, 1.82) is 0 Å². The number of hydrogen-bond acceptors (Lipinski definition) is 4. The molecule has 0 aliphatic carbocycles. The van der Waals surface area contributed by atoms with Crippen molar-refractivity contribution in [2.45, 2.75) is 20.8 Å². The van der Waals surface area contributed by atoms with Gasteiger partial charge in [-0.15, -0.1) is 0 Å². The Labute approximate surface area is 87.4 Å². The maximum absolute atomic E-state index is 11.1. The summed E-state index contributed by atoms with van der Waals surface area (Å²) in [5, 5.41) is 0. The third-order valence-electron chi connectivity index (χ3n) is 1.65. The summed E-state index contributed by atoms with van der Waals surface area (Å²) >= 11 is 0. The molecule has 5 nitrogen and oxygen atoms in total. The molecule has 0 saturated carbocycles. The summed E-state index contributed by atoms with van der Waals surface area (Å²) in [6.07, 6.45) is 4.59. The van der Waals surface area contributed by atoms with Gasteiger partial charge in [-0.2, -0.15) is 0 Å². The molecule has 15 heavy (non-hydrogen) atoms. The van der Waals surface area contributed by atoms with Gasteiger partial charge in [0, 0.05) is 32.3 Å². The van der Waals surface area contributed by atoms with Gasteiger partial charge in [-0.1, -0.05) is 0 Å². The molecule has 0 saturated heterocycles. The van der Waals surface area contributed by atoms with Crippen LogP contribution in [0.25, 0.3) is 6.08 Å². The predicted octanol–water partition coefficient (Wildman–Crippen LogP) is 1.47. The first-order valence-electron chi connectivity index (χ1n) is 4.41. The van der Waals surface area contributed by atoms with Gasteiger partial charge in [0.2, 0.25) is 5.91 Å².